The number of nitrogen functional groups attached to an aromatic ring is 1. The zero-order chi connectivity index (χ0) is 13.8. The van der Waals surface area contributed by atoms with Crippen LogP contribution in [0.1, 0.15) is 36.7 Å². The van der Waals surface area contributed by atoms with E-state index < -0.39 is 0 Å². The minimum Gasteiger partial charge on any atom is -0.397 e. The number of piperidine rings is 1. The van der Waals surface area contributed by atoms with Gasteiger partial charge in [-0.25, -0.2) is 0 Å². The van der Waals surface area contributed by atoms with Crippen LogP contribution in [0, 0.1) is 0 Å². The summed E-state index contributed by atoms with van der Waals surface area (Å²) in [5.41, 5.74) is 6.92. The van der Waals surface area contributed by atoms with Crippen molar-refractivity contribution in [3.05, 3.63) is 18.0 Å². The third-order valence-corrected chi connectivity index (χ3v) is 3.62. The van der Waals surface area contributed by atoms with Crippen molar-refractivity contribution in [2.24, 2.45) is 7.05 Å². The van der Waals surface area contributed by atoms with Gasteiger partial charge in [0.05, 0.1) is 5.69 Å². The van der Waals surface area contributed by atoms with Crippen LogP contribution in [-0.2, 0) is 7.05 Å². The summed E-state index contributed by atoms with van der Waals surface area (Å²) in [4.78, 5) is 14.5. The first-order valence-electron chi connectivity index (χ1n) is 7.01. The zero-order valence-corrected chi connectivity index (χ0v) is 11.9. The van der Waals surface area contributed by atoms with Crippen LogP contribution in [0.25, 0.3) is 0 Å². The van der Waals surface area contributed by atoms with Crippen LogP contribution in [0.2, 0.25) is 0 Å². The van der Waals surface area contributed by atoms with Gasteiger partial charge in [0.2, 0.25) is 0 Å². The monoisotopic (exact) mass is 264 g/mol. The number of rotatable bonds is 4. The molecule has 1 aliphatic heterocycles. The maximum atomic E-state index is 12.1. The van der Waals surface area contributed by atoms with Gasteiger partial charge in [0.1, 0.15) is 5.69 Å². The van der Waals surface area contributed by atoms with Crippen molar-refractivity contribution in [2.45, 2.75) is 32.2 Å². The Balaban J connectivity index is 1.86. The minimum absolute atomic E-state index is 0.0521. The number of likely N-dealkylation sites (tertiary alicyclic amines) is 1. The normalized spacial score (nSPS) is 18.2. The molecule has 0 aliphatic carbocycles. The van der Waals surface area contributed by atoms with Crippen molar-refractivity contribution in [3.63, 3.8) is 0 Å². The van der Waals surface area contributed by atoms with Gasteiger partial charge in [-0.05, 0) is 38.9 Å². The Morgan fingerprint density at radius 3 is 2.68 bits per heavy atom. The number of hydrogen-bond donors (Lipinski definition) is 2. The van der Waals surface area contributed by atoms with E-state index in [9.17, 15) is 4.79 Å². The van der Waals surface area contributed by atoms with E-state index in [1.54, 1.807) is 16.8 Å². The van der Waals surface area contributed by atoms with E-state index in [2.05, 4.69) is 17.1 Å². The number of hydrogen-bond acceptors (Lipinski definition) is 3. The van der Waals surface area contributed by atoms with Crippen molar-refractivity contribution in [1.29, 1.82) is 0 Å². The molecule has 5 nitrogen and oxygen atoms in total. The topological polar surface area (TPSA) is 63.3 Å². The molecule has 1 amide bonds. The number of carbonyl (C=O) groups is 1. The average molecular weight is 264 g/mol. The molecule has 106 valence electrons. The van der Waals surface area contributed by atoms with E-state index in [0.29, 0.717) is 11.4 Å². The number of carbonyl (C=O) groups excluding carboxylic acids is 1. The van der Waals surface area contributed by atoms with E-state index in [4.69, 9.17) is 5.73 Å². The van der Waals surface area contributed by atoms with Gasteiger partial charge in [0.25, 0.3) is 5.91 Å². The van der Waals surface area contributed by atoms with Gasteiger partial charge in [-0.3, -0.25) is 4.79 Å². The number of aryl methyl sites for hydroxylation is 1. The van der Waals surface area contributed by atoms with E-state index in [0.717, 1.165) is 19.6 Å². The lowest BCUT2D eigenvalue weighted by molar-refractivity contribution is 0.0917. The van der Waals surface area contributed by atoms with Crippen LogP contribution in [0.3, 0.4) is 0 Å². The molecule has 1 fully saturated rings. The standard InChI is InChI=1S/C14H24N4O/c1-11(9-18-6-4-3-5-7-18)16-14(19)13-8-12(15)10-17(13)2/h8,10-11H,3-7,9,15H2,1-2H3,(H,16,19). The van der Waals surface area contributed by atoms with Crippen LogP contribution in [0.5, 0.6) is 0 Å². The molecule has 1 saturated heterocycles. The van der Waals surface area contributed by atoms with Gasteiger partial charge in [0.15, 0.2) is 0 Å². The third-order valence-electron chi connectivity index (χ3n) is 3.62. The highest BCUT2D eigenvalue weighted by Gasteiger charge is 2.17. The largest absolute Gasteiger partial charge is 0.397 e. The smallest absolute Gasteiger partial charge is 0.268 e. The van der Waals surface area contributed by atoms with Gasteiger partial charge in [-0.15, -0.1) is 0 Å². The molecule has 0 aromatic carbocycles. The molecule has 1 atom stereocenters. The molecule has 0 spiro atoms. The maximum Gasteiger partial charge on any atom is 0.268 e. The molecule has 0 saturated carbocycles. The molecular weight excluding hydrogens is 240 g/mol. The minimum atomic E-state index is -0.0521. The van der Waals surface area contributed by atoms with Crippen molar-refractivity contribution >= 4 is 11.6 Å². The van der Waals surface area contributed by atoms with Crippen molar-refractivity contribution in [2.75, 3.05) is 25.4 Å². The van der Waals surface area contributed by atoms with Crippen molar-refractivity contribution < 1.29 is 4.79 Å². The van der Waals surface area contributed by atoms with E-state index in [-0.39, 0.29) is 11.9 Å². The number of anilines is 1. The summed E-state index contributed by atoms with van der Waals surface area (Å²) in [6.45, 7) is 5.28. The first-order chi connectivity index (χ1) is 9.06. The lowest BCUT2D eigenvalue weighted by atomic mass is 10.1. The van der Waals surface area contributed by atoms with E-state index >= 15 is 0 Å². The zero-order valence-electron chi connectivity index (χ0n) is 11.9. The Labute approximate surface area is 114 Å². The number of nitrogens with two attached hydrogens (primary N) is 1. The molecule has 5 heteroatoms. The second kappa shape index (κ2) is 6.10. The molecular formula is C14H24N4O. The first kappa shape index (κ1) is 13.9. The summed E-state index contributed by atoms with van der Waals surface area (Å²) in [5.74, 6) is -0.0521. The Kier molecular flexibility index (Phi) is 4.47. The van der Waals surface area contributed by atoms with E-state index in [1.165, 1.54) is 19.3 Å². The molecule has 0 radical (unpaired) electrons. The number of nitrogens with zero attached hydrogens (tertiary/aromatic N) is 2. The molecule has 2 heterocycles. The SMILES string of the molecule is CC(CN1CCCCC1)NC(=O)c1cc(N)cn1C. The first-order valence-corrected chi connectivity index (χ1v) is 7.01. The lowest BCUT2D eigenvalue weighted by Crippen LogP contribution is -2.44. The predicted octanol–water partition coefficient (Wildman–Crippen LogP) is 1.21. The second-order valence-corrected chi connectivity index (χ2v) is 5.51. The molecule has 3 N–H and O–H groups in total. The Hall–Kier alpha value is -1.49. The molecule has 19 heavy (non-hydrogen) atoms. The van der Waals surface area contributed by atoms with E-state index in [1.807, 2.05) is 7.05 Å². The fourth-order valence-corrected chi connectivity index (χ4v) is 2.69. The van der Waals surface area contributed by atoms with Crippen LogP contribution in [0.4, 0.5) is 5.69 Å². The summed E-state index contributed by atoms with van der Waals surface area (Å²) < 4.78 is 1.76. The van der Waals surface area contributed by atoms with Gasteiger partial charge in [-0.1, -0.05) is 6.42 Å². The summed E-state index contributed by atoms with van der Waals surface area (Å²) in [6.07, 6.45) is 5.63. The van der Waals surface area contributed by atoms with Gasteiger partial charge in [-0.2, -0.15) is 0 Å². The number of aromatic nitrogens is 1. The lowest BCUT2D eigenvalue weighted by Gasteiger charge is -2.29. The Bertz CT molecular complexity index is 435. The predicted molar refractivity (Wildman–Crippen MR) is 77.0 cm³/mol. The summed E-state index contributed by atoms with van der Waals surface area (Å²) in [5, 5.41) is 3.04. The highest BCUT2D eigenvalue weighted by Crippen LogP contribution is 2.10. The highest BCUT2D eigenvalue weighted by atomic mass is 16.2. The molecule has 1 aromatic heterocycles. The van der Waals surface area contributed by atoms with Crippen LogP contribution < -0.4 is 11.1 Å². The van der Waals surface area contributed by atoms with Gasteiger partial charge < -0.3 is 20.5 Å². The molecule has 0 bridgehead atoms. The molecule has 1 aliphatic rings. The number of nitrogens with one attached hydrogen (secondary N) is 1. The quantitative estimate of drug-likeness (QED) is 0.859. The Morgan fingerprint density at radius 2 is 2.11 bits per heavy atom. The van der Waals surface area contributed by atoms with Gasteiger partial charge >= 0.3 is 0 Å². The molecule has 2 rings (SSSR count). The summed E-state index contributed by atoms with van der Waals surface area (Å²) in [7, 11) is 1.83. The maximum absolute atomic E-state index is 12.1. The van der Waals surface area contributed by atoms with Crippen LogP contribution in [-0.4, -0.2) is 41.1 Å². The second-order valence-electron chi connectivity index (χ2n) is 5.51. The average Bonchev–Trinajstić information content (AvgIpc) is 2.69. The fourth-order valence-electron chi connectivity index (χ4n) is 2.69. The molecule has 1 aromatic rings. The number of amides is 1. The third kappa shape index (κ3) is 3.73. The summed E-state index contributed by atoms with van der Waals surface area (Å²) >= 11 is 0. The van der Waals surface area contributed by atoms with Crippen molar-refractivity contribution in [3.8, 4) is 0 Å². The van der Waals surface area contributed by atoms with Gasteiger partial charge in [0, 0.05) is 25.8 Å². The van der Waals surface area contributed by atoms with Crippen LogP contribution >= 0.6 is 0 Å². The fraction of sp³-hybridized carbons (Fsp3) is 0.643. The highest BCUT2D eigenvalue weighted by molar-refractivity contribution is 5.93. The van der Waals surface area contributed by atoms with Crippen LogP contribution in [0.15, 0.2) is 12.3 Å². The van der Waals surface area contributed by atoms with Crippen molar-refractivity contribution in [1.82, 2.24) is 14.8 Å². The Morgan fingerprint density at radius 1 is 1.42 bits per heavy atom. The summed E-state index contributed by atoms with van der Waals surface area (Å²) in [6, 6.07) is 1.87. The molecule has 1 unspecified atom stereocenters.